The van der Waals surface area contributed by atoms with E-state index < -0.39 is 11.8 Å². The van der Waals surface area contributed by atoms with Gasteiger partial charge in [0.2, 0.25) is 5.96 Å². The number of rotatable bonds is 1. The number of amides is 2. The molecule has 2 aliphatic heterocycles. The van der Waals surface area contributed by atoms with E-state index in [0.29, 0.717) is 12.5 Å². The summed E-state index contributed by atoms with van der Waals surface area (Å²) in [6.45, 7) is 2.63. The summed E-state index contributed by atoms with van der Waals surface area (Å²) in [6.07, 6.45) is 0. The maximum atomic E-state index is 11.6. The highest BCUT2D eigenvalue weighted by Gasteiger charge is 2.43. The first kappa shape index (κ1) is 9.08. The monoisotopic (exact) mass is 215 g/mol. The SMILES string of the molecule is CCN1C2=NC(=O)C(=O)N2c2ccccc21. The van der Waals surface area contributed by atoms with Crippen molar-refractivity contribution in [3.8, 4) is 0 Å². The van der Waals surface area contributed by atoms with E-state index in [-0.39, 0.29) is 0 Å². The van der Waals surface area contributed by atoms with E-state index in [4.69, 9.17) is 0 Å². The molecule has 0 N–H and O–H groups in total. The second-order valence-electron chi connectivity index (χ2n) is 3.59. The molecule has 80 valence electrons. The number of para-hydroxylation sites is 2. The van der Waals surface area contributed by atoms with Crippen molar-refractivity contribution in [3.05, 3.63) is 24.3 Å². The predicted molar refractivity (Wildman–Crippen MR) is 59.4 cm³/mol. The Hall–Kier alpha value is -2.17. The first-order valence-corrected chi connectivity index (χ1v) is 5.07. The molecule has 0 fully saturated rings. The van der Waals surface area contributed by atoms with Crippen molar-refractivity contribution in [2.24, 2.45) is 4.99 Å². The minimum absolute atomic E-state index is 0.429. The molecule has 0 radical (unpaired) electrons. The van der Waals surface area contributed by atoms with Crippen LogP contribution in [0.2, 0.25) is 0 Å². The second-order valence-corrected chi connectivity index (χ2v) is 3.59. The summed E-state index contributed by atoms with van der Waals surface area (Å²) in [7, 11) is 0. The van der Waals surface area contributed by atoms with Crippen LogP contribution in [-0.4, -0.2) is 24.3 Å². The Balaban J connectivity index is 2.23. The number of carbonyl (C=O) groups is 2. The third-order valence-electron chi connectivity index (χ3n) is 2.76. The zero-order valence-electron chi connectivity index (χ0n) is 8.67. The number of guanidine groups is 1. The number of fused-ring (bicyclic) bond motifs is 3. The molecule has 2 amide bonds. The molecule has 0 spiro atoms. The van der Waals surface area contributed by atoms with Crippen LogP contribution in [0.3, 0.4) is 0 Å². The molecule has 0 aliphatic carbocycles. The van der Waals surface area contributed by atoms with Gasteiger partial charge in [-0.05, 0) is 19.1 Å². The van der Waals surface area contributed by atoms with Gasteiger partial charge in [0.05, 0.1) is 11.4 Å². The van der Waals surface area contributed by atoms with Crippen molar-refractivity contribution < 1.29 is 9.59 Å². The number of carbonyl (C=O) groups excluding carboxylic acids is 2. The van der Waals surface area contributed by atoms with Crippen molar-refractivity contribution in [3.63, 3.8) is 0 Å². The Morgan fingerprint density at radius 2 is 1.88 bits per heavy atom. The van der Waals surface area contributed by atoms with Crippen LogP contribution in [0.5, 0.6) is 0 Å². The van der Waals surface area contributed by atoms with E-state index in [0.717, 1.165) is 11.4 Å². The summed E-state index contributed by atoms with van der Waals surface area (Å²) in [6, 6.07) is 7.47. The zero-order chi connectivity index (χ0) is 11.3. The van der Waals surface area contributed by atoms with Gasteiger partial charge in [0.1, 0.15) is 0 Å². The molecular formula is C11H9N3O2. The maximum absolute atomic E-state index is 11.6. The molecule has 0 bridgehead atoms. The van der Waals surface area contributed by atoms with Gasteiger partial charge >= 0.3 is 11.8 Å². The minimum atomic E-state index is -0.692. The number of aliphatic imine (C=N–C) groups is 1. The fraction of sp³-hybridized carbons (Fsp3) is 0.182. The minimum Gasteiger partial charge on any atom is -0.310 e. The highest BCUT2D eigenvalue weighted by Crippen LogP contribution is 2.38. The first-order valence-electron chi connectivity index (χ1n) is 5.07. The molecule has 5 nitrogen and oxygen atoms in total. The Morgan fingerprint density at radius 3 is 2.56 bits per heavy atom. The molecule has 2 aliphatic rings. The fourth-order valence-corrected chi connectivity index (χ4v) is 2.07. The van der Waals surface area contributed by atoms with Crippen LogP contribution in [0.25, 0.3) is 0 Å². The molecule has 3 rings (SSSR count). The Bertz CT molecular complexity index is 536. The van der Waals surface area contributed by atoms with Crippen molar-refractivity contribution in [2.45, 2.75) is 6.92 Å². The van der Waals surface area contributed by atoms with Gasteiger partial charge in [-0.15, -0.1) is 0 Å². The van der Waals surface area contributed by atoms with Gasteiger partial charge in [0, 0.05) is 6.54 Å². The lowest BCUT2D eigenvalue weighted by molar-refractivity contribution is -0.134. The predicted octanol–water partition coefficient (Wildman–Crippen LogP) is 0.756. The third-order valence-corrected chi connectivity index (χ3v) is 2.76. The van der Waals surface area contributed by atoms with E-state index in [1.165, 1.54) is 4.90 Å². The van der Waals surface area contributed by atoms with Crippen LogP contribution in [0.15, 0.2) is 29.3 Å². The van der Waals surface area contributed by atoms with Gasteiger partial charge in [-0.25, -0.2) is 4.90 Å². The molecule has 0 atom stereocenters. The summed E-state index contributed by atoms with van der Waals surface area (Å²) < 4.78 is 0. The lowest BCUT2D eigenvalue weighted by Crippen LogP contribution is -2.38. The fourth-order valence-electron chi connectivity index (χ4n) is 2.07. The molecule has 2 heterocycles. The molecule has 0 aromatic heterocycles. The highest BCUT2D eigenvalue weighted by molar-refractivity contribution is 6.55. The highest BCUT2D eigenvalue weighted by atomic mass is 16.2. The lowest BCUT2D eigenvalue weighted by Gasteiger charge is -2.15. The summed E-state index contributed by atoms with van der Waals surface area (Å²) in [4.78, 5) is 29.9. The number of benzene rings is 1. The number of anilines is 2. The molecule has 0 unspecified atom stereocenters. The van der Waals surface area contributed by atoms with Gasteiger partial charge < -0.3 is 4.90 Å². The van der Waals surface area contributed by atoms with Crippen LogP contribution in [0, 0.1) is 0 Å². The van der Waals surface area contributed by atoms with Crippen molar-refractivity contribution in [2.75, 3.05) is 16.3 Å². The van der Waals surface area contributed by atoms with Gasteiger partial charge in [-0.1, -0.05) is 12.1 Å². The van der Waals surface area contributed by atoms with E-state index >= 15 is 0 Å². The van der Waals surface area contributed by atoms with Crippen molar-refractivity contribution >= 4 is 29.1 Å². The number of hydrogen-bond acceptors (Lipinski definition) is 3. The second kappa shape index (κ2) is 2.91. The molecule has 0 saturated heterocycles. The van der Waals surface area contributed by atoms with Crippen LogP contribution < -0.4 is 9.80 Å². The zero-order valence-corrected chi connectivity index (χ0v) is 8.67. The topological polar surface area (TPSA) is 53.0 Å². The molecule has 5 heteroatoms. The standard InChI is InChI=1S/C11H9N3O2/c1-2-13-7-5-3-4-6-8(7)14-10(16)9(15)12-11(13)14/h3-6H,2H2,1H3. The van der Waals surface area contributed by atoms with Crippen LogP contribution >= 0.6 is 0 Å². The van der Waals surface area contributed by atoms with E-state index in [1.807, 2.05) is 36.1 Å². The Morgan fingerprint density at radius 1 is 1.19 bits per heavy atom. The smallest absolute Gasteiger partial charge is 0.310 e. The van der Waals surface area contributed by atoms with Crippen LogP contribution in [0.4, 0.5) is 11.4 Å². The third kappa shape index (κ3) is 0.920. The van der Waals surface area contributed by atoms with Gasteiger partial charge in [-0.2, -0.15) is 4.99 Å². The Kier molecular flexibility index (Phi) is 1.65. The molecule has 16 heavy (non-hydrogen) atoms. The number of hydrogen-bond donors (Lipinski definition) is 0. The lowest BCUT2D eigenvalue weighted by atomic mass is 10.2. The van der Waals surface area contributed by atoms with Crippen LogP contribution in [0.1, 0.15) is 6.92 Å². The molecule has 1 aromatic carbocycles. The molecule has 1 aromatic rings. The maximum Gasteiger partial charge on any atom is 0.339 e. The van der Waals surface area contributed by atoms with E-state index in [2.05, 4.69) is 4.99 Å². The number of nitrogens with zero attached hydrogens (tertiary/aromatic N) is 3. The van der Waals surface area contributed by atoms with Crippen molar-refractivity contribution in [1.82, 2.24) is 0 Å². The van der Waals surface area contributed by atoms with Gasteiger partial charge in [0.15, 0.2) is 0 Å². The molecule has 0 saturated carbocycles. The summed E-state index contributed by atoms with van der Waals surface area (Å²) in [5, 5.41) is 0. The quantitative estimate of drug-likeness (QED) is 0.650. The van der Waals surface area contributed by atoms with Gasteiger partial charge in [-0.3, -0.25) is 9.59 Å². The summed E-state index contributed by atoms with van der Waals surface area (Å²) in [5.74, 6) is -0.833. The van der Waals surface area contributed by atoms with Crippen molar-refractivity contribution in [1.29, 1.82) is 0 Å². The van der Waals surface area contributed by atoms with E-state index in [9.17, 15) is 9.59 Å². The van der Waals surface area contributed by atoms with E-state index in [1.54, 1.807) is 0 Å². The largest absolute Gasteiger partial charge is 0.339 e. The average molecular weight is 215 g/mol. The molecular weight excluding hydrogens is 206 g/mol. The first-order chi connectivity index (χ1) is 7.74. The normalized spacial score (nSPS) is 17.7. The summed E-state index contributed by atoms with van der Waals surface area (Å²) in [5.41, 5.74) is 1.66. The summed E-state index contributed by atoms with van der Waals surface area (Å²) >= 11 is 0. The van der Waals surface area contributed by atoms with Gasteiger partial charge in [0.25, 0.3) is 0 Å². The Labute approximate surface area is 92.0 Å². The van der Waals surface area contributed by atoms with Crippen LogP contribution in [-0.2, 0) is 9.59 Å². The average Bonchev–Trinajstić information content (AvgIpc) is 2.75.